The first kappa shape index (κ1) is 8.97. The van der Waals surface area contributed by atoms with Crippen LogP contribution in [0.2, 0.25) is 0 Å². The van der Waals surface area contributed by atoms with E-state index in [2.05, 4.69) is 4.37 Å². The molecule has 1 aromatic heterocycles. The summed E-state index contributed by atoms with van der Waals surface area (Å²) in [6, 6.07) is 0. The summed E-state index contributed by atoms with van der Waals surface area (Å²) in [5.41, 5.74) is 0. The van der Waals surface area contributed by atoms with Gasteiger partial charge in [-0.05, 0) is 30.8 Å². The molecule has 3 nitrogen and oxygen atoms in total. The average Bonchev–Trinajstić information content (AvgIpc) is 2.69. The first-order valence-electron chi connectivity index (χ1n) is 4.59. The molecule has 1 aromatic rings. The van der Waals surface area contributed by atoms with Crippen LogP contribution >= 0.6 is 11.5 Å². The first-order valence-corrected chi connectivity index (χ1v) is 5.42. The van der Waals surface area contributed by atoms with E-state index < -0.39 is 0 Å². The summed E-state index contributed by atoms with van der Waals surface area (Å²) >= 11 is 1.41. The molecular weight excluding hydrogens is 186 g/mol. The molecule has 0 amide bonds. The molecule has 1 atom stereocenters. The molecule has 2 rings (SSSR count). The van der Waals surface area contributed by atoms with Crippen LogP contribution in [-0.2, 0) is 4.74 Å². The largest absolute Gasteiger partial charge is 0.488 e. The van der Waals surface area contributed by atoms with Crippen molar-refractivity contribution in [1.82, 2.24) is 4.37 Å². The second-order valence-electron chi connectivity index (χ2n) is 3.16. The highest BCUT2D eigenvalue weighted by molar-refractivity contribution is 7.03. The van der Waals surface area contributed by atoms with Crippen LogP contribution in [0.1, 0.15) is 19.3 Å². The fourth-order valence-corrected chi connectivity index (χ4v) is 1.85. The van der Waals surface area contributed by atoms with Gasteiger partial charge in [0.2, 0.25) is 0 Å². The van der Waals surface area contributed by atoms with Gasteiger partial charge in [0, 0.05) is 6.61 Å². The zero-order valence-corrected chi connectivity index (χ0v) is 8.26. The summed E-state index contributed by atoms with van der Waals surface area (Å²) in [5, 5.41) is 1.91. The summed E-state index contributed by atoms with van der Waals surface area (Å²) in [6.45, 7) is 1.55. The maximum atomic E-state index is 5.53. The van der Waals surface area contributed by atoms with E-state index in [1.54, 1.807) is 6.20 Å². The van der Waals surface area contributed by atoms with Crippen LogP contribution in [0, 0.1) is 0 Å². The van der Waals surface area contributed by atoms with Crippen LogP contribution in [0.3, 0.4) is 0 Å². The van der Waals surface area contributed by atoms with Crippen molar-refractivity contribution in [1.29, 1.82) is 0 Å². The lowest BCUT2D eigenvalue weighted by molar-refractivity contribution is -0.0110. The van der Waals surface area contributed by atoms with Crippen LogP contribution < -0.4 is 4.74 Å². The summed E-state index contributed by atoms with van der Waals surface area (Å²) in [7, 11) is 0. The third-order valence-electron chi connectivity index (χ3n) is 2.12. The van der Waals surface area contributed by atoms with Gasteiger partial charge in [-0.1, -0.05) is 0 Å². The Kier molecular flexibility index (Phi) is 3.16. The number of hydrogen-bond donors (Lipinski definition) is 0. The summed E-state index contributed by atoms with van der Waals surface area (Å²) in [4.78, 5) is 0. The molecular formula is C9H13NO2S. The Bertz CT molecular complexity index is 232. The predicted octanol–water partition coefficient (Wildman–Crippen LogP) is 2.09. The molecule has 0 radical (unpaired) electrons. The second-order valence-corrected chi connectivity index (χ2v) is 3.82. The second kappa shape index (κ2) is 4.58. The van der Waals surface area contributed by atoms with Crippen LogP contribution in [0.15, 0.2) is 11.6 Å². The van der Waals surface area contributed by atoms with E-state index in [1.807, 2.05) is 5.38 Å². The minimum atomic E-state index is 0.286. The van der Waals surface area contributed by atoms with Gasteiger partial charge in [-0.15, -0.1) is 0 Å². The molecule has 4 heteroatoms. The van der Waals surface area contributed by atoms with Crippen molar-refractivity contribution in [2.75, 3.05) is 13.2 Å². The van der Waals surface area contributed by atoms with Crippen molar-refractivity contribution < 1.29 is 9.47 Å². The highest BCUT2D eigenvalue weighted by atomic mass is 32.1. The van der Waals surface area contributed by atoms with Gasteiger partial charge in [0.05, 0.1) is 17.7 Å². The van der Waals surface area contributed by atoms with E-state index in [1.165, 1.54) is 24.4 Å². The summed E-state index contributed by atoms with van der Waals surface area (Å²) in [5.74, 6) is 0.860. The Hall–Kier alpha value is -0.610. The molecule has 0 saturated carbocycles. The number of ether oxygens (including phenoxy) is 2. The fourth-order valence-electron chi connectivity index (χ4n) is 1.39. The topological polar surface area (TPSA) is 31.4 Å². The van der Waals surface area contributed by atoms with Gasteiger partial charge in [-0.25, -0.2) is 0 Å². The Balaban J connectivity index is 1.72. The maximum absolute atomic E-state index is 5.53. The molecule has 0 aromatic carbocycles. The lowest BCUT2D eigenvalue weighted by Crippen LogP contribution is -2.25. The van der Waals surface area contributed by atoms with Crippen molar-refractivity contribution in [2.45, 2.75) is 25.4 Å². The molecule has 1 aliphatic heterocycles. The Morgan fingerprint density at radius 1 is 1.62 bits per heavy atom. The van der Waals surface area contributed by atoms with Gasteiger partial charge < -0.3 is 9.47 Å². The van der Waals surface area contributed by atoms with Gasteiger partial charge in [0.15, 0.2) is 0 Å². The molecule has 1 saturated heterocycles. The summed E-state index contributed by atoms with van der Waals surface area (Å²) < 4.78 is 15.0. The molecule has 1 fully saturated rings. The molecule has 1 unspecified atom stereocenters. The quantitative estimate of drug-likeness (QED) is 0.747. The smallest absolute Gasteiger partial charge is 0.150 e. The number of aromatic nitrogens is 1. The highest BCUT2D eigenvalue weighted by Gasteiger charge is 2.14. The SMILES string of the molecule is c1nscc1OCC1CCCCO1. The summed E-state index contributed by atoms with van der Waals surface area (Å²) in [6.07, 6.45) is 5.60. The van der Waals surface area contributed by atoms with Crippen molar-refractivity contribution in [2.24, 2.45) is 0 Å². The zero-order chi connectivity index (χ0) is 8.93. The van der Waals surface area contributed by atoms with Gasteiger partial charge >= 0.3 is 0 Å². The molecule has 0 bridgehead atoms. The van der Waals surface area contributed by atoms with Crippen LogP contribution in [0.4, 0.5) is 0 Å². The third kappa shape index (κ3) is 2.67. The lowest BCUT2D eigenvalue weighted by atomic mass is 10.1. The number of nitrogens with zero attached hydrogens (tertiary/aromatic N) is 1. The Labute approximate surface area is 81.8 Å². The molecule has 2 heterocycles. The standard InChI is InChI=1S/C9H13NO2S/c1-2-4-11-8(3-1)6-12-9-5-10-13-7-9/h5,7-8H,1-4,6H2. The van der Waals surface area contributed by atoms with Gasteiger partial charge in [0.25, 0.3) is 0 Å². The molecule has 0 N–H and O–H groups in total. The predicted molar refractivity (Wildman–Crippen MR) is 51.2 cm³/mol. The van der Waals surface area contributed by atoms with E-state index in [9.17, 15) is 0 Å². The fraction of sp³-hybridized carbons (Fsp3) is 0.667. The van der Waals surface area contributed by atoms with Crippen molar-refractivity contribution in [3.8, 4) is 5.75 Å². The molecule has 0 aliphatic carbocycles. The monoisotopic (exact) mass is 199 g/mol. The van der Waals surface area contributed by atoms with Gasteiger partial charge in [-0.3, -0.25) is 0 Å². The lowest BCUT2D eigenvalue weighted by Gasteiger charge is -2.22. The highest BCUT2D eigenvalue weighted by Crippen LogP contribution is 2.16. The third-order valence-corrected chi connectivity index (χ3v) is 2.68. The van der Waals surface area contributed by atoms with Crippen LogP contribution in [0.5, 0.6) is 5.75 Å². The van der Waals surface area contributed by atoms with E-state index in [4.69, 9.17) is 9.47 Å². The zero-order valence-electron chi connectivity index (χ0n) is 7.44. The van der Waals surface area contributed by atoms with Crippen molar-refractivity contribution in [3.63, 3.8) is 0 Å². The molecule has 0 spiro atoms. The normalized spacial score (nSPS) is 22.9. The van der Waals surface area contributed by atoms with Crippen LogP contribution in [-0.4, -0.2) is 23.7 Å². The van der Waals surface area contributed by atoms with Crippen molar-refractivity contribution >= 4 is 11.5 Å². The minimum absolute atomic E-state index is 0.286. The molecule has 1 aliphatic rings. The minimum Gasteiger partial charge on any atom is -0.488 e. The van der Waals surface area contributed by atoms with E-state index in [0.717, 1.165) is 18.8 Å². The Morgan fingerprint density at radius 2 is 2.62 bits per heavy atom. The van der Waals surface area contributed by atoms with Gasteiger partial charge in [-0.2, -0.15) is 4.37 Å². The van der Waals surface area contributed by atoms with E-state index in [-0.39, 0.29) is 6.10 Å². The van der Waals surface area contributed by atoms with Crippen molar-refractivity contribution in [3.05, 3.63) is 11.6 Å². The Morgan fingerprint density at radius 3 is 3.31 bits per heavy atom. The molecule has 72 valence electrons. The van der Waals surface area contributed by atoms with Gasteiger partial charge in [0.1, 0.15) is 12.4 Å². The number of rotatable bonds is 3. The number of hydrogen-bond acceptors (Lipinski definition) is 4. The first-order chi connectivity index (χ1) is 6.45. The maximum Gasteiger partial charge on any atom is 0.150 e. The average molecular weight is 199 g/mol. The van der Waals surface area contributed by atoms with E-state index in [0.29, 0.717) is 6.61 Å². The molecule has 13 heavy (non-hydrogen) atoms. The van der Waals surface area contributed by atoms with E-state index >= 15 is 0 Å². The van der Waals surface area contributed by atoms with Crippen LogP contribution in [0.25, 0.3) is 0 Å².